The summed E-state index contributed by atoms with van der Waals surface area (Å²) in [5.74, 6) is 0.254. The lowest BCUT2D eigenvalue weighted by molar-refractivity contribution is -0.113. The lowest BCUT2D eigenvalue weighted by atomic mass is 10.2. The number of carbonyl (C=O) groups is 2. The minimum Gasteiger partial charge on any atom is -0.495 e. The molecule has 0 aliphatic carbocycles. The van der Waals surface area contributed by atoms with E-state index in [0.717, 1.165) is 4.90 Å². The van der Waals surface area contributed by atoms with Gasteiger partial charge in [-0.15, -0.1) is 11.8 Å². The largest absolute Gasteiger partial charge is 0.495 e. The van der Waals surface area contributed by atoms with Gasteiger partial charge >= 0.3 is 0 Å². The quantitative estimate of drug-likeness (QED) is 0.425. The monoisotopic (exact) mass is 460 g/mol. The molecule has 2 N–H and O–H groups in total. The van der Waals surface area contributed by atoms with E-state index in [-0.39, 0.29) is 17.6 Å². The smallest absolute Gasteiger partial charge is 0.255 e. The van der Waals surface area contributed by atoms with Crippen LogP contribution in [0.1, 0.15) is 10.4 Å². The van der Waals surface area contributed by atoms with Crippen LogP contribution >= 0.6 is 35.0 Å². The van der Waals surface area contributed by atoms with E-state index in [1.165, 1.54) is 18.9 Å². The maximum atomic E-state index is 12.4. The summed E-state index contributed by atoms with van der Waals surface area (Å²) in [6.45, 7) is 0. The van der Waals surface area contributed by atoms with Crippen molar-refractivity contribution >= 4 is 58.2 Å². The fraction of sp³-hybridized carbons (Fsp3) is 0.0909. The van der Waals surface area contributed by atoms with Crippen LogP contribution in [0.3, 0.4) is 0 Å². The van der Waals surface area contributed by atoms with Gasteiger partial charge in [0.2, 0.25) is 5.91 Å². The number of hydrogen-bond donors (Lipinski definition) is 2. The van der Waals surface area contributed by atoms with E-state index in [1.807, 2.05) is 12.1 Å². The number of carbonyl (C=O) groups excluding carboxylic acids is 2. The summed E-state index contributed by atoms with van der Waals surface area (Å²) >= 11 is 13.3. The molecule has 0 aliphatic heterocycles. The predicted octanol–water partition coefficient (Wildman–Crippen LogP) is 5.99. The van der Waals surface area contributed by atoms with Gasteiger partial charge in [0.25, 0.3) is 5.91 Å². The minimum atomic E-state index is -0.259. The number of thioether (sulfide) groups is 1. The van der Waals surface area contributed by atoms with E-state index < -0.39 is 0 Å². The molecular weight excluding hydrogens is 443 g/mol. The first-order chi connectivity index (χ1) is 14.4. The molecule has 30 heavy (non-hydrogen) atoms. The molecule has 0 fully saturated rings. The Morgan fingerprint density at radius 3 is 2.47 bits per heavy atom. The van der Waals surface area contributed by atoms with Crippen molar-refractivity contribution < 1.29 is 14.3 Å². The fourth-order valence-electron chi connectivity index (χ4n) is 2.61. The molecule has 0 radical (unpaired) electrons. The van der Waals surface area contributed by atoms with Crippen LogP contribution in [0.4, 0.5) is 11.4 Å². The zero-order valence-corrected chi connectivity index (χ0v) is 18.3. The van der Waals surface area contributed by atoms with Crippen LogP contribution in [0, 0.1) is 0 Å². The lowest BCUT2D eigenvalue weighted by Crippen LogP contribution is -2.14. The highest BCUT2D eigenvalue weighted by Gasteiger charge is 2.10. The van der Waals surface area contributed by atoms with Crippen molar-refractivity contribution in [1.82, 2.24) is 0 Å². The molecule has 0 saturated carbocycles. The third-order valence-electron chi connectivity index (χ3n) is 3.98. The molecule has 0 aromatic heterocycles. The van der Waals surface area contributed by atoms with Gasteiger partial charge in [-0.25, -0.2) is 0 Å². The summed E-state index contributed by atoms with van der Waals surface area (Å²) < 4.78 is 5.23. The topological polar surface area (TPSA) is 67.4 Å². The Kier molecular flexibility index (Phi) is 7.63. The maximum absolute atomic E-state index is 12.4. The Morgan fingerprint density at radius 2 is 1.70 bits per heavy atom. The molecule has 8 heteroatoms. The summed E-state index contributed by atoms with van der Waals surface area (Å²) in [6.07, 6.45) is 0. The third kappa shape index (κ3) is 6.16. The SMILES string of the molecule is COc1ccc(Cl)cc1NC(=O)CSc1cccc(NC(=O)c2cccc(Cl)c2)c1. The molecule has 0 heterocycles. The van der Waals surface area contributed by atoms with Crippen LogP contribution in [0.5, 0.6) is 5.75 Å². The van der Waals surface area contributed by atoms with Crippen molar-refractivity contribution in [3.05, 3.63) is 82.3 Å². The summed E-state index contributed by atoms with van der Waals surface area (Å²) in [4.78, 5) is 25.5. The number of hydrogen-bond acceptors (Lipinski definition) is 4. The van der Waals surface area contributed by atoms with Gasteiger partial charge in [0.1, 0.15) is 5.75 Å². The van der Waals surface area contributed by atoms with Crippen molar-refractivity contribution in [2.45, 2.75) is 4.90 Å². The van der Waals surface area contributed by atoms with E-state index in [0.29, 0.717) is 32.7 Å². The molecular formula is C22H18Cl2N2O3S. The zero-order chi connectivity index (χ0) is 21.5. The number of nitrogens with one attached hydrogen (secondary N) is 2. The van der Waals surface area contributed by atoms with Gasteiger partial charge in [-0.1, -0.05) is 35.3 Å². The average Bonchev–Trinajstić information content (AvgIpc) is 2.73. The summed E-state index contributed by atoms with van der Waals surface area (Å²) in [5, 5.41) is 6.62. The van der Waals surface area contributed by atoms with E-state index >= 15 is 0 Å². The molecule has 0 saturated heterocycles. The van der Waals surface area contributed by atoms with E-state index in [2.05, 4.69) is 10.6 Å². The molecule has 3 aromatic rings. The van der Waals surface area contributed by atoms with E-state index in [4.69, 9.17) is 27.9 Å². The third-order valence-corrected chi connectivity index (χ3v) is 5.45. The van der Waals surface area contributed by atoms with Crippen LogP contribution < -0.4 is 15.4 Å². The van der Waals surface area contributed by atoms with Gasteiger partial charge in [-0.3, -0.25) is 9.59 Å². The van der Waals surface area contributed by atoms with Gasteiger partial charge in [-0.05, 0) is 54.6 Å². The van der Waals surface area contributed by atoms with Crippen LogP contribution in [-0.2, 0) is 4.79 Å². The molecule has 2 amide bonds. The first kappa shape index (κ1) is 22.0. The van der Waals surface area contributed by atoms with Crippen molar-refractivity contribution in [3.63, 3.8) is 0 Å². The molecule has 5 nitrogen and oxygen atoms in total. The molecule has 154 valence electrons. The number of anilines is 2. The van der Waals surface area contributed by atoms with E-state index in [9.17, 15) is 9.59 Å². The molecule has 0 spiro atoms. The van der Waals surface area contributed by atoms with Crippen molar-refractivity contribution in [3.8, 4) is 5.75 Å². The molecule has 3 rings (SSSR count). The van der Waals surface area contributed by atoms with Crippen molar-refractivity contribution in [2.24, 2.45) is 0 Å². The molecule has 0 aliphatic rings. The summed E-state index contributed by atoms with van der Waals surface area (Å²) in [7, 11) is 1.52. The van der Waals surface area contributed by atoms with Gasteiger partial charge in [0.05, 0.1) is 18.6 Å². The number of rotatable bonds is 7. The summed E-state index contributed by atoms with van der Waals surface area (Å²) in [5.41, 5.74) is 1.61. The van der Waals surface area contributed by atoms with Crippen LogP contribution in [0.15, 0.2) is 71.6 Å². The second-order valence-corrected chi connectivity index (χ2v) is 8.10. The molecule has 3 aromatic carbocycles. The first-order valence-corrected chi connectivity index (χ1v) is 10.6. The normalized spacial score (nSPS) is 10.4. The Labute approximate surface area is 188 Å². The Balaban J connectivity index is 1.59. The standard InChI is InChI=1S/C22H18Cl2N2O3S/c1-29-20-9-8-16(24)11-19(20)26-21(27)13-30-18-7-3-6-17(12-18)25-22(28)14-4-2-5-15(23)10-14/h2-12H,13H2,1H3,(H,25,28)(H,26,27). The van der Waals surface area contributed by atoms with Crippen molar-refractivity contribution in [2.75, 3.05) is 23.5 Å². The van der Waals surface area contributed by atoms with Gasteiger partial charge < -0.3 is 15.4 Å². The van der Waals surface area contributed by atoms with Gasteiger partial charge in [0.15, 0.2) is 0 Å². The van der Waals surface area contributed by atoms with Crippen LogP contribution in [0.25, 0.3) is 0 Å². The molecule has 0 unspecified atom stereocenters. The fourth-order valence-corrected chi connectivity index (χ4v) is 3.73. The van der Waals surface area contributed by atoms with Gasteiger partial charge in [-0.2, -0.15) is 0 Å². The van der Waals surface area contributed by atoms with Gasteiger partial charge in [0, 0.05) is 26.2 Å². The number of ether oxygens (including phenoxy) is 1. The Bertz CT molecular complexity index is 1080. The Hall–Kier alpha value is -2.67. The molecule has 0 atom stereocenters. The first-order valence-electron chi connectivity index (χ1n) is 8.88. The van der Waals surface area contributed by atoms with Crippen LogP contribution in [-0.4, -0.2) is 24.7 Å². The second-order valence-electron chi connectivity index (χ2n) is 6.17. The number of amides is 2. The van der Waals surface area contributed by atoms with Crippen molar-refractivity contribution in [1.29, 1.82) is 0 Å². The number of benzene rings is 3. The highest BCUT2D eigenvalue weighted by molar-refractivity contribution is 8.00. The number of methoxy groups -OCH3 is 1. The highest BCUT2D eigenvalue weighted by Crippen LogP contribution is 2.28. The van der Waals surface area contributed by atoms with Crippen LogP contribution in [0.2, 0.25) is 10.0 Å². The second kappa shape index (κ2) is 10.4. The summed E-state index contributed by atoms with van der Waals surface area (Å²) in [6, 6.07) is 19.0. The van der Waals surface area contributed by atoms with E-state index in [1.54, 1.807) is 54.6 Å². The zero-order valence-electron chi connectivity index (χ0n) is 15.9. The predicted molar refractivity (Wildman–Crippen MR) is 123 cm³/mol. The Morgan fingerprint density at radius 1 is 0.933 bits per heavy atom. The highest BCUT2D eigenvalue weighted by atomic mass is 35.5. The minimum absolute atomic E-state index is 0.182. The lowest BCUT2D eigenvalue weighted by Gasteiger charge is -2.11. The maximum Gasteiger partial charge on any atom is 0.255 e. The molecule has 0 bridgehead atoms. The number of halogens is 2. The average molecular weight is 461 g/mol.